The first-order valence-electron chi connectivity index (χ1n) is 9.26. The van der Waals surface area contributed by atoms with Crippen LogP contribution in [-0.4, -0.2) is 18.0 Å². The Balaban J connectivity index is 1.43. The highest BCUT2D eigenvalue weighted by Crippen LogP contribution is 2.41. The van der Waals surface area contributed by atoms with Crippen LogP contribution in [0.1, 0.15) is 30.1 Å². The van der Waals surface area contributed by atoms with Crippen molar-refractivity contribution in [3.63, 3.8) is 0 Å². The molecule has 0 saturated heterocycles. The minimum absolute atomic E-state index is 0.0136. The number of amides is 1. The molecule has 0 spiro atoms. The first-order valence-corrected chi connectivity index (χ1v) is 10.1. The third-order valence-electron chi connectivity index (χ3n) is 4.85. The van der Waals surface area contributed by atoms with E-state index >= 15 is 0 Å². The smallest absolute Gasteiger partial charge is 0.226 e. The summed E-state index contributed by atoms with van der Waals surface area (Å²) < 4.78 is 18.6. The molecule has 1 aliphatic carbocycles. The summed E-state index contributed by atoms with van der Waals surface area (Å²) in [5.74, 6) is 0.940. The van der Waals surface area contributed by atoms with Gasteiger partial charge in [0.25, 0.3) is 0 Å². The Hall–Kier alpha value is -2.73. The summed E-state index contributed by atoms with van der Waals surface area (Å²) >= 11 is 1.42. The highest BCUT2D eigenvalue weighted by molar-refractivity contribution is 7.13. The van der Waals surface area contributed by atoms with E-state index in [9.17, 15) is 9.18 Å². The molecule has 1 fully saturated rings. The zero-order valence-electron chi connectivity index (χ0n) is 15.5. The van der Waals surface area contributed by atoms with Crippen LogP contribution in [0, 0.1) is 11.7 Å². The highest BCUT2D eigenvalue weighted by Gasteiger charge is 2.33. The van der Waals surface area contributed by atoms with Gasteiger partial charge in [-0.3, -0.25) is 4.79 Å². The molecule has 2 aromatic carbocycles. The van der Waals surface area contributed by atoms with Gasteiger partial charge in [0.15, 0.2) is 0 Å². The molecule has 28 heavy (non-hydrogen) atoms. The molecule has 1 unspecified atom stereocenters. The van der Waals surface area contributed by atoms with Crippen LogP contribution >= 0.6 is 11.3 Å². The molecule has 1 saturated carbocycles. The van der Waals surface area contributed by atoms with Crippen LogP contribution in [-0.2, 0) is 11.2 Å². The summed E-state index contributed by atoms with van der Waals surface area (Å²) in [5, 5.41) is 5.74. The Morgan fingerprint density at radius 3 is 2.75 bits per heavy atom. The molecule has 1 heterocycles. The Kier molecular flexibility index (Phi) is 5.39. The zero-order chi connectivity index (χ0) is 19.5. The number of carbonyl (C=O) groups excluding carboxylic acids is 1. The van der Waals surface area contributed by atoms with Gasteiger partial charge in [-0.2, -0.15) is 0 Å². The van der Waals surface area contributed by atoms with Crippen molar-refractivity contribution in [1.82, 2.24) is 10.3 Å². The van der Waals surface area contributed by atoms with Crippen LogP contribution in [0.5, 0.6) is 5.75 Å². The van der Waals surface area contributed by atoms with Crippen molar-refractivity contribution < 1.29 is 13.9 Å². The van der Waals surface area contributed by atoms with Gasteiger partial charge in [-0.15, -0.1) is 11.3 Å². The fourth-order valence-electron chi connectivity index (χ4n) is 3.25. The Labute approximate surface area is 167 Å². The minimum Gasteiger partial charge on any atom is -0.497 e. The maximum absolute atomic E-state index is 13.4. The van der Waals surface area contributed by atoms with Crippen LogP contribution in [0.25, 0.3) is 10.6 Å². The monoisotopic (exact) mass is 396 g/mol. The zero-order valence-corrected chi connectivity index (χ0v) is 16.3. The molecule has 0 bridgehead atoms. The molecule has 4 nitrogen and oxygen atoms in total. The molecular formula is C22H21FN2O2S. The number of hydrogen-bond donors (Lipinski definition) is 1. The van der Waals surface area contributed by atoms with E-state index in [1.54, 1.807) is 13.2 Å². The van der Waals surface area contributed by atoms with Crippen molar-refractivity contribution in [1.29, 1.82) is 0 Å². The van der Waals surface area contributed by atoms with Gasteiger partial charge in [0.1, 0.15) is 16.6 Å². The minimum atomic E-state index is -0.293. The first kappa shape index (κ1) is 18.6. The third kappa shape index (κ3) is 4.39. The van der Waals surface area contributed by atoms with E-state index < -0.39 is 0 Å². The van der Waals surface area contributed by atoms with Gasteiger partial charge in [-0.25, -0.2) is 9.37 Å². The molecular weight excluding hydrogens is 375 g/mol. The number of hydrogen-bond acceptors (Lipinski definition) is 4. The number of methoxy groups -OCH3 is 1. The average molecular weight is 396 g/mol. The lowest BCUT2D eigenvalue weighted by Crippen LogP contribution is -2.31. The van der Waals surface area contributed by atoms with Crippen molar-refractivity contribution in [2.24, 2.45) is 5.92 Å². The van der Waals surface area contributed by atoms with Crippen LogP contribution in [0.3, 0.4) is 0 Å². The second-order valence-corrected chi connectivity index (χ2v) is 7.84. The lowest BCUT2D eigenvalue weighted by molar-refractivity contribution is -0.121. The molecule has 1 atom stereocenters. The fraction of sp³-hybridized carbons (Fsp3) is 0.273. The van der Waals surface area contributed by atoms with Crippen molar-refractivity contribution in [3.05, 3.63) is 71.0 Å². The van der Waals surface area contributed by atoms with E-state index in [-0.39, 0.29) is 24.2 Å². The first-order chi connectivity index (χ1) is 13.6. The van der Waals surface area contributed by atoms with E-state index in [1.807, 2.05) is 35.7 Å². The number of thiazole rings is 1. The number of carbonyl (C=O) groups is 1. The number of benzene rings is 2. The molecule has 0 radical (unpaired) electrons. The normalized spacial score (nSPS) is 14.5. The van der Waals surface area contributed by atoms with Gasteiger partial charge >= 0.3 is 0 Å². The summed E-state index contributed by atoms with van der Waals surface area (Å²) in [6.45, 7) is 0. The molecule has 144 valence electrons. The molecule has 3 aromatic rings. The summed E-state index contributed by atoms with van der Waals surface area (Å²) in [5.41, 5.74) is 2.52. The van der Waals surface area contributed by atoms with Gasteiger partial charge in [0.2, 0.25) is 5.91 Å². The number of halogens is 1. The number of aromatic nitrogens is 1. The number of nitrogens with one attached hydrogen (secondary N) is 1. The van der Waals surface area contributed by atoms with Crippen molar-refractivity contribution >= 4 is 17.2 Å². The predicted molar refractivity (Wildman–Crippen MR) is 108 cm³/mol. The van der Waals surface area contributed by atoms with Gasteiger partial charge in [0.05, 0.1) is 25.3 Å². The molecule has 1 N–H and O–H groups in total. The lowest BCUT2D eigenvalue weighted by Gasteiger charge is -2.19. The van der Waals surface area contributed by atoms with Crippen molar-refractivity contribution in [2.45, 2.75) is 25.3 Å². The SMILES string of the molecule is COc1ccc(C(NC(=O)Cc2csc(-c3cccc(F)c3)n2)C2CC2)cc1. The van der Waals surface area contributed by atoms with Crippen LogP contribution in [0.15, 0.2) is 53.9 Å². The van der Waals surface area contributed by atoms with Crippen LogP contribution < -0.4 is 10.1 Å². The Morgan fingerprint density at radius 2 is 2.07 bits per heavy atom. The van der Waals surface area contributed by atoms with E-state index in [2.05, 4.69) is 10.3 Å². The summed E-state index contributed by atoms with van der Waals surface area (Å²) in [7, 11) is 1.64. The third-order valence-corrected chi connectivity index (χ3v) is 5.79. The highest BCUT2D eigenvalue weighted by atomic mass is 32.1. The van der Waals surface area contributed by atoms with E-state index in [0.29, 0.717) is 11.6 Å². The summed E-state index contributed by atoms with van der Waals surface area (Å²) in [6.07, 6.45) is 2.46. The average Bonchev–Trinajstić information content (AvgIpc) is 3.45. The predicted octanol–water partition coefficient (Wildman–Crippen LogP) is 4.77. The fourth-order valence-corrected chi connectivity index (χ4v) is 4.06. The largest absolute Gasteiger partial charge is 0.497 e. The van der Waals surface area contributed by atoms with E-state index in [1.165, 1.54) is 23.5 Å². The van der Waals surface area contributed by atoms with Crippen molar-refractivity contribution in [2.75, 3.05) is 7.11 Å². The van der Waals surface area contributed by atoms with Crippen LogP contribution in [0.2, 0.25) is 0 Å². The maximum atomic E-state index is 13.4. The van der Waals surface area contributed by atoms with Crippen LogP contribution in [0.4, 0.5) is 4.39 Å². The number of ether oxygens (including phenoxy) is 1. The molecule has 6 heteroatoms. The second kappa shape index (κ2) is 8.10. The Bertz CT molecular complexity index is 967. The van der Waals surface area contributed by atoms with Gasteiger partial charge in [-0.05, 0) is 48.6 Å². The van der Waals surface area contributed by atoms with Gasteiger partial charge in [-0.1, -0.05) is 24.3 Å². The molecule has 4 rings (SSSR count). The molecule has 1 amide bonds. The Morgan fingerprint density at radius 1 is 1.29 bits per heavy atom. The maximum Gasteiger partial charge on any atom is 0.226 e. The molecule has 1 aliphatic rings. The van der Waals surface area contributed by atoms with Gasteiger partial charge < -0.3 is 10.1 Å². The summed E-state index contributed by atoms with van der Waals surface area (Å²) in [6, 6.07) is 14.2. The number of nitrogens with zero attached hydrogens (tertiary/aromatic N) is 1. The molecule has 0 aliphatic heterocycles. The van der Waals surface area contributed by atoms with Gasteiger partial charge in [0, 0.05) is 10.9 Å². The lowest BCUT2D eigenvalue weighted by atomic mass is 10.0. The van der Waals surface area contributed by atoms with E-state index in [0.717, 1.165) is 34.7 Å². The van der Waals surface area contributed by atoms with Crippen molar-refractivity contribution in [3.8, 4) is 16.3 Å². The standard InChI is InChI=1S/C22H21FN2O2S/c1-27-19-9-7-15(8-10-19)21(14-5-6-14)25-20(26)12-18-13-28-22(24-18)16-3-2-4-17(23)11-16/h2-4,7-11,13-14,21H,5-6,12H2,1H3,(H,25,26). The topological polar surface area (TPSA) is 51.2 Å². The summed E-state index contributed by atoms with van der Waals surface area (Å²) in [4.78, 5) is 17.1. The van der Waals surface area contributed by atoms with E-state index in [4.69, 9.17) is 4.74 Å². The number of rotatable bonds is 7. The quantitative estimate of drug-likeness (QED) is 0.626. The second-order valence-electron chi connectivity index (χ2n) is 6.99. The molecule has 1 aromatic heterocycles.